The van der Waals surface area contributed by atoms with Crippen LogP contribution >= 0.6 is 11.8 Å². The highest BCUT2D eigenvalue weighted by Crippen LogP contribution is 2.21. The molecule has 0 saturated carbocycles. The summed E-state index contributed by atoms with van der Waals surface area (Å²) in [5.74, 6) is 0.952. The lowest BCUT2D eigenvalue weighted by Gasteiger charge is -2.13. The van der Waals surface area contributed by atoms with Crippen molar-refractivity contribution in [2.45, 2.75) is 25.2 Å². The number of H-pyrrole nitrogens is 1. The number of fused-ring (bicyclic) bond motifs is 1. The van der Waals surface area contributed by atoms with Crippen molar-refractivity contribution in [1.82, 2.24) is 25.1 Å². The number of furan rings is 2. The van der Waals surface area contributed by atoms with Crippen molar-refractivity contribution in [1.29, 1.82) is 0 Å². The Hall–Kier alpha value is -4.58. The predicted octanol–water partition coefficient (Wildman–Crippen LogP) is 3.32. The van der Waals surface area contributed by atoms with E-state index in [2.05, 4.69) is 25.8 Å². The van der Waals surface area contributed by atoms with Gasteiger partial charge in [-0.15, -0.1) is 0 Å². The molecule has 5 aromatic rings. The van der Waals surface area contributed by atoms with Gasteiger partial charge >= 0.3 is 0 Å². The molecular weight excluding hydrogens is 496 g/mol. The summed E-state index contributed by atoms with van der Waals surface area (Å²) in [6.45, 7) is 2.20. The van der Waals surface area contributed by atoms with Crippen LogP contribution in [0, 0.1) is 6.92 Å². The molecule has 12 heteroatoms. The molecule has 0 unspecified atom stereocenters. The smallest absolute Gasteiger partial charge is 0.262 e. The second-order valence-corrected chi connectivity index (χ2v) is 9.07. The summed E-state index contributed by atoms with van der Waals surface area (Å²) in [6.07, 6.45) is 3.05. The Morgan fingerprint density at radius 2 is 1.86 bits per heavy atom. The summed E-state index contributed by atoms with van der Waals surface area (Å²) in [5, 5.41) is 12.9. The number of anilines is 1. The van der Waals surface area contributed by atoms with E-state index in [1.165, 1.54) is 17.1 Å². The van der Waals surface area contributed by atoms with E-state index in [-0.39, 0.29) is 36.2 Å². The van der Waals surface area contributed by atoms with E-state index in [4.69, 9.17) is 8.83 Å². The van der Waals surface area contributed by atoms with Crippen molar-refractivity contribution >= 4 is 40.3 Å². The first-order chi connectivity index (χ1) is 18.0. The van der Waals surface area contributed by atoms with Crippen LogP contribution in [0.5, 0.6) is 0 Å². The molecule has 4 aromatic heterocycles. The fraction of sp³-hybridized carbons (Fsp3) is 0.160. The quantitative estimate of drug-likeness (QED) is 0.199. The number of hydrogen-bond acceptors (Lipinski definition) is 8. The molecule has 0 aliphatic heterocycles. The molecule has 0 saturated heterocycles. The van der Waals surface area contributed by atoms with Gasteiger partial charge in [0.2, 0.25) is 5.91 Å². The monoisotopic (exact) mass is 518 g/mol. The highest BCUT2D eigenvalue weighted by molar-refractivity contribution is 7.99. The van der Waals surface area contributed by atoms with Gasteiger partial charge in [0.25, 0.3) is 11.5 Å². The third-order valence-corrected chi connectivity index (χ3v) is 6.36. The number of rotatable bonds is 9. The van der Waals surface area contributed by atoms with Crippen LogP contribution in [0.25, 0.3) is 10.9 Å². The molecule has 0 spiro atoms. The van der Waals surface area contributed by atoms with E-state index in [9.17, 15) is 14.4 Å². The molecule has 11 nitrogen and oxygen atoms in total. The summed E-state index contributed by atoms with van der Waals surface area (Å²) in [4.78, 5) is 43.2. The molecule has 188 valence electrons. The normalized spacial score (nSPS) is 11.1. The molecule has 3 N–H and O–H groups in total. The van der Waals surface area contributed by atoms with Gasteiger partial charge < -0.3 is 19.5 Å². The van der Waals surface area contributed by atoms with Crippen molar-refractivity contribution in [2.24, 2.45) is 0 Å². The number of aromatic nitrogens is 4. The van der Waals surface area contributed by atoms with Gasteiger partial charge in [-0.3, -0.25) is 24.0 Å². The maximum Gasteiger partial charge on any atom is 0.262 e. The van der Waals surface area contributed by atoms with E-state index in [1.54, 1.807) is 48.5 Å². The van der Waals surface area contributed by atoms with E-state index in [0.717, 1.165) is 17.5 Å². The fourth-order valence-corrected chi connectivity index (χ4v) is 4.42. The molecule has 2 amide bonds. The number of thioether (sulfide) groups is 1. The molecular formula is C25H22N6O5S. The maximum atomic E-state index is 13.4. The van der Waals surface area contributed by atoms with Crippen molar-refractivity contribution < 1.29 is 18.4 Å². The number of carbonyl (C=O) groups is 2. The molecule has 1 aromatic carbocycles. The SMILES string of the molecule is Cc1cc(NC(=O)CSc2nc3cc(C(=O)NCc4ccco4)ccc3c(=O)n2Cc2ccco2)n[nH]1. The van der Waals surface area contributed by atoms with Crippen LogP contribution in [0.1, 0.15) is 27.6 Å². The largest absolute Gasteiger partial charge is 0.467 e. The maximum absolute atomic E-state index is 13.4. The number of carbonyl (C=O) groups excluding carboxylic acids is 2. The van der Waals surface area contributed by atoms with Gasteiger partial charge in [0, 0.05) is 17.3 Å². The van der Waals surface area contributed by atoms with Crippen LogP contribution in [0.15, 0.2) is 79.8 Å². The highest BCUT2D eigenvalue weighted by Gasteiger charge is 2.17. The first kappa shape index (κ1) is 24.1. The average Bonchev–Trinajstić information content (AvgIpc) is 3.67. The third-order valence-electron chi connectivity index (χ3n) is 5.39. The Morgan fingerprint density at radius 1 is 1.08 bits per heavy atom. The lowest BCUT2D eigenvalue weighted by Crippen LogP contribution is -2.26. The number of benzene rings is 1. The summed E-state index contributed by atoms with van der Waals surface area (Å²) in [5.41, 5.74) is 1.19. The third kappa shape index (κ3) is 5.64. The topological polar surface area (TPSA) is 148 Å². The zero-order valence-electron chi connectivity index (χ0n) is 19.7. The molecule has 0 aliphatic rings. The fourth-order valence-electron chi connectivity index (χ4n) is 3.62. The average molecular weight is 519 g/mol. The summed E-state index contributed by atoms with van der Waals surface area (Å²) >= 11 is 1.10. The number of aryl methyl sites for hydroxylation is 1. The van der Waals surface area contributed by atoms with E-state index in [1.807, 2.05) is 6.92 Å². The van der Waals surface area contributed by atoms with Gasteiger partial charge in [0.1, 0.15) is 11.5 Å². The van der Waals surface area contributed by atoms with Gasteiger partial charge in [-0.25, -0.2) is 4.98 Å². The number of nitrogens with zero attached hydrogens (tertiary/aromatic N) is 3. The van der Waals surface area contributed by atoms with Crippen molar-refractivity contribution in [3.8, 4) is 0 Å². The van der Waals surface area contributed by atoms with Crippen molar-refractivity contribution in [2.75, 3.05) is 11.1 Å². The molecule has 4 heterocycles. The molecule has 0 bridgehead atoms. The highest BCUT2D eigenvalue weighted by atomic mass is 32.2. The van der Waals surface area contributed by atoms with Gasteiger partial charge in [-0.2, -0.15) is 5.10 Å². The first-order valence-corrected chi connectivity index (χ1v) is 12.3. The molecule has 0 atom stereocenters. The summed E-state index contributed by atoms with van der Waals surface area (Å²) in [7, 11) is 0. The second-order valence-electron chi connectivity index (χ2n) is 8.13. The minimum Gasteiger partial charge on any atom is -0.467 e. The van der Waals surface area contributed by atoms with Crippen molar-refractivity contribution in [3.63, 3.8) is 0 Å². The minimum absolute atomic E-state index is 0.00860. The Kier molecular flexibility index (Phi) is 6.90. The van der Waals surface area contributed by atoms with Crippen LogP contribution in [0.4, 0.5) is 5.82 Å². The van der Waals surface area contributed by atoms with Crippen LogP contribution in [-0.2, 0) is 17.9 Å². The number of amides is 2. The molecule has 37 heavy (non-hydrogen) atoms. The Balaban J connectivity index is 1.41. The van der Waals surface area contributed by atoms with E-state index >= 15 is 0 Å². The zero-order chi connectivity index (χ0) is 25.8. The van der Waals surface area contributed by atoms with Crippen LogP contribution < -0.4 is 16.2 Å². The summed E-state index contributed by atoms with van der Waals surface area (Å²) in [6, 6.07) is 13.4. The lowest BCUT2D eigenvalue weighted by molar-refractivity contribution is -0.113. The number of nitrogens with one attached hydrogen (secondary N) is 3. The summed E-state index contributed by atoms with van der Waals surface area (Å²) < 4.78 is 12.1. The zero-order valence-corrected chi connectivity index (χ0v) is 20.5. The number of aromatic amines is 1. The van der Waals surface area contributed by atoms with Crippen LogP contribution in [0.2, 0.25) is 0 Å². The Labute approximate surface area is 214 Å². The van der Waals surface area contributed by atoms with Gasteiger partial charge in [-0.1, -0.05) is 11.8 Å². The number of hydrogen-bond donors (Lipinski definition) is 3. The second kappa shape index (κ2) is 10.6. The van der Waals surface area contributed by atoms with Crippen LogP contribution in [-0.4, -0.2) is 37.3 Å². The van der Waals surface area contributed by atoms with Gasteiger partial charge in [0.15, 0.2) is 11.0 Å². The van der Waals surface area contributed by atoms with E-state index < -0.39 is 0 Å². The minimum atomic E-state index is -0.331. The van der Waals surface area contributed by atoms with Gasteiger partial charge in [0.05, 0.1) is 42.3 Å². The van der Waals surface area contributed by atoms with Crippen molar-refractivity contribution in [3.05, 3.63) is 94.2 Å². The van der Waals surface area contributed by atoms with E-state index in [0.29, 0.717) is 39.0 Å². The molecule has 0 aliphatic carbocycles. The predicted molar refractivity (Wildman–Crippen MR) is 136 cm³/mol. The Bertz CT molecular complexity index is 1600. The molecule has 5 rings (SSSR count). The molecule has 0 fully saturated rings. The van der Waals surface area contributed by atoms with Crippen LogP contribution in [0.3, 0.4) is 0 Å². The van der Waals surface area contributed by atoms with Gasteiger partial charge in [-0.05, 0) is 49.4 Å². The standard InChI is InChI=1S/C25H22N6O5S/c1-15-10-21(30-29-15)28-22(32)14-37-25-27-20-11-16(23(33)26-12-17-4-2-8-35-17)6-7-19(20)24(34)31(25)13-18-5-3-9-36-18/h2-11H,12-14H2,1H3,(H,26,33)(H2,28,29,30,32). The Morgan fingerprint density at radius 3 is 2.57 bits per heavy atom. The molecule has 0 radical (unpaired) electrons. The first-order valence-electron chi connectivity index (χ1n) is 11.3. The lowest BCUT2D eigenvalue weighted by atomic mass is 10.1.